The Bertz CT molecular complexity index is 406. The van der Waals surface area contributed by atoms with E-state index in [9.17, 15) is 14.9 Å². The summed E-state index contributed by atoms with van der Waals surface area (Å²) in [5.41, 5.74) is -0.252. The first-order valence-electron chi connectivity index (χ1n) is 4.71. The maximum absolute atomic E-state index is 11.6. The Labute approximate surface area is 92.0 Å². The highest BCUT2D eigenvalue weighted by Gasteiger charge is 2.19. The summed E-state index contributed by atoms with van der Waals surface area (Å²) in [6.45, 7) is 1.39. The molecule has 0 aliphatic carbocycles. The molecule has 1 amide bonds. The molecule has 0 heterocycles. The molecule has 1 rings (SSSR count). The molecule has 0 saturated carbocycles. The van der Waals surface area contributed by atoms with Gasteiger partial charge in [-0.25, -0.2) is 0 Å². The van der Waals surface area contributed by atoms with E-state index in [4.69, 9.17) is 5.11 Å². The van der Waals surface area contributed by atoms with Gasteiger partial charge in [0, 0.05) is 12.1 Å². The number of nitrogens with zero attached hydrogens (tertiary/aromatic N) is 1. The Balaban J connectivity index is 2.95. The monoisotopic (exact) mass is 224 g/mol. The van der Waals surface area contributed by atoms with Crippen molar-refractivity contribution in [3.63, 3.8) is 0 Å². The van der Waals surface area contributed by atoms with Crippen LogP contribution in [0.25, 0.3) is 0 Å². The Kier molecular flexibility index (Phi) is 3.96. The van der Waals surface area contributed by atoms with Crippen molar-refractivity contribution < 1.29 is 14.8 Å². The first-order chi connectivity index (χ1) is 7.56. The van der Waals surface area contributed by atoms with Gasteiger partial charge in [-0.15, -0.1) is 0 Å². The first-order valence-corrected chi connectivity index (χ1v) is 4.71. The minimum atomic E-state index is -0.613. The molecule has 0 aliphatic heterocycles. The van der Waals surface area contributed by atoms with E-state index in [1.807, 2.05) is 0 Å². The van der Waals surface area contributed by atoms with Gasteiger partial charge in [-0.3, -0.25) is 14.9 Å². The highest BCUT2D eigenvalue weighted by Crippen LogP contribution is 2.17. The maximum Gasteiger partial charge on any atom is 0.282 e. The van der Waals surface area contributed by atoms with Crippen molar-refractivity contribution in [3.05, 3.63) is 39.9 Å². The SMILES string of the molecule is CC(CO)NC(=O)c1ccccc1[N+](=O)[O-]. The van der Waals surface area contributed by atoms with Crippen LogP contribution in [0.5, 0.6) is 0 Å². The van der Waals surface area contributed by atoms with Gasteiger partial charge in [0.25, 0.3) is 11.6 Å². The lowest BCUT2D eigenvalue weighted by atomic mass is 10.1. The highest BCUT2D eigenvalue weighted by molar-refractivity contribution is 5.98. The number of nitro benzene ring substituents is 1. The molecule has 86 valence electrons. The zero-order chi connectivity index (χ0) is 12.1. The first kappa shape index (κ1) is 12.1. The third-order valence-electron chi connectivity index (χ3n) is 2.00. The van der Waals surface area contributed by atoms with Crippen molar-refractivity contribution in [3.8, 4) is 0 Å². The quantitative estimate of drug-likeness (QED) is 0.581. The smallest absolute Gasteiger partial charge is 0.282 e. The standard InChI is InChI=1S/C10H12N2O4/c1-7(6-13)11-10(14)8-4-2-3-5-9(8)12(15)16/h2-5,7,13H,6H2,1H3,(H,11,14). The van der Waals surface area contributed by atoms with Crippen LogP contribution < -0.4 is 5.32 Å². The zero-order valence-corrected chi connectivity index (χ0v) is 8.71. The molecule has 0 saturated heterocycles. The molecule has 2 N–H and O–H groups in total. The Hall–Kier alpha value is -1.95. The highest BCUT2D eigenvalue weighted by atomic mass is 16.6. The van der Waals surface area contributed by atoms with E-state index in [0.717, 1.165) is 0 Å². The van der Waals surface area contributed by atoms with E-state index in [0.29, 0.717) is 0 Å². The summed E-state index contributed by atoms with van der Waals surface area (Å²) in [5.74, 6) is -0.561. The molecule has 0 bridgehead atoms. The van der Waals surface area contributed by atoms with Crippen LogP contribution in [0.15, 0.2) is 24.3 Å². The number of carbonyl (C=O) groups excluding carboxylic acids is 1. The number of hydrogen-bond donors (Lipinski definition) is 2. The lowest BCUT2D eigenvalue weighted by molar-refractivity contribution is -0.385. The van der Waals surface area contributed by atoms with E-state index < -0.39 is 16.9 Å². The Morgan fingerprint density at radius 3 is 2.75 bits per heavy atom. The van der Waals surface area contributed by atoms with Crippen LogP contribution in [0, 0.1) is 10.1 Å². The third-order valence-corrected chi connectivity index (χ3v) is 2.00. The summed E-state index contributed by atoms with van der Waals surface area (Å²) >= 11 is 0. The molecule has 0 aromatic heterocycles. The topological polar surface area (TPSA) is 92.5 Å². The summed E-state index contributed by atoms with van der Waals surface area (Å²) in [4.78, 5) is 21.7. The van der Waals surface area contributed by atoms with Crippen molar-refractivity contribution >= 4 is 11.6 Å². The maximum atomic E-state index is 11.6. The van der Waals surface area contributed by atoms with Crippen molar-refractivity contribution in [2.75, 3.05) is 6.61 Å². The van der Waals surface area contributed by atoms with Gasteiger partial charge in [0.1, 0.15) is 5.56 Å². The van der Waals surface area contributed by atoms with Gasteiger partial charge in [-0.2, -0.15) is 0 Å². The van der Waals surface area contributed by atoms with E-state index in [-0.39, 0.29) is 17.9 Å². The fourth-order valence-corrected chi connectivity index (χ4v) is 1.17. The summed E-state index contributed by atoms with van der Waals surface area (Å²) in [6, 6.07) is 5.23. The molecule has 0 aliphatic rings. The average molecular weight is 224 g/mol. The molecule has 16 heavy (non-hydrogen) atoms. The molecular weight excluding hydrogens is 212 g/mol. The fourth-order valence-electron chi connectivity index (χ4n) is 1.17. The van der Waals surface area contributed by atoms with E-state index >= 15 is 0 Å². The number of carbonyl (C=O) groups is 1. The second kappa shape index (κ2) is 5.22. The van der Waals surface area contributed by atoms with Gasteiger partial charge in [0.15, 0.2) is 0 Å². The van der Waals surface area contributed by atoms with Gasteiger partial charge in [0.2, 0.25) is 0 Å². The van der Waals surface area contributed by atoms with Gasteiger partial charge in [-0.1, -0.05) is 12.1 Å². The van der Waals surface area contributed by atoms with Crippen LogP contribution in [-0.2, 0) is 0 Å². The number of para-hydroxylation sites is 1. The van der Waals surface area contributed by atoms with Crippen LogP contribution in [0.2, 0.25) is 0 Å². The largest absolute Gasteiger partial charge is 0.394 e. The molecule has 0 spiro atoms. The Morgan fingerprint density at radius 1 is 1.56 bits per heavy atom. The molecule has 0 fully saturated rings. The molecule has 1 unspecified atom stereocenters. The predicted molar refractivity (Wildman–Crippen MR) is 57.1 cm³/mol. The van der Waals surface area contributed by atoms with Crippen LogP contribution in [-0.4, -0.2) is 28.6 Å². The summed E-state index contributed by atoms with van der Waals surface area (Å²) < 4.78 is 0. The average Bonchev–Trinajstić information content (AvgIpc) is 2.28. The number of nitro groups is 1. The number of aliphatic hydroxyl groups is 1. The second-order valence-electron chi connectivity index (χ2n) is 3.33. The van der Waals surface area contributed by atoms with Gasteiger partial charge in [0.05, 0.1) is 11.5 Å². The van der Waals surface area contributed by atoms with E-state index in [2.05, 4.69) is 5.32 Å². The zero-order valence-electron chi connectivity index (χ0n) is 8.71. The number of benzene rings is 1. The van der Waals surface area contributed by atoms with Crippen molar-refractivity contribution in [2.45, 2.75) is 13.0 Å². The number of hydrogen-bond acceptors (Lipinski definition) is 4. The molecule has 6 nitrogen and oxygen atoms in total. The molecule has 1 atom stereocenters. The summed E-state index contributed by atoms with van der Waals surface area (Å²) in [7, 11) is 0. The molecule has 6 heteroatoms. The van der Waals surface area contributed by atoms with Crippen LogP contribution >= 0.6 is 0 Å². The van der Waals surface area contributed by atoms with Gasteiger partial charge >= 0.3 is 0 Å². The number of rotatable bonds is 4. The molecule has 1 aromatic rings. The third kappa shape index (κ3) is 2.77. The molecule has 1 aromatic carbocycles. The number of aliphatic hydroxyl groups excluding tert-OH is 1. The van der Waals surface area contributed by atoms with Crippen molar-refractivity contribution in [1.82, 2.24) is 5.32 Å². The number of nitrogens with one attached hydrogen (secondary N) is 1. The summed E-state index contributed by atoms with van der Waals surface area (Å²) in [6.07, 6.45) is 0. The minimum absolute atomic E-state index is 0.00667. The number of amides is 1. The van der Waals surface area contributed by atoms with Crippen molar-refractivity contribution in [2.24, 2.45) is 0 Å². The van der Waals surface area contributed by atoms with Gasteiger partial charge < -0.3 is 10.4 Å². The Morgan fingerprint density at radius 2 is 2.19 bits per heavy atom. The second-order valence-corrected chi connectivity index (χ2v) is 3.33. The minimum Gasteiger partial charge on any atom is -0.394 e. The van der Waals surface area contributed by atoms with Crippen LogP contribution in [0.1, 0.15) is 17.3 Å². The molecular formula is C10H12N2O4. The van der Waals surface area contributed by atoms with E-state index in [1.54, 1.807) is 13.0 Å². The summed E-state index contributed by atoms with van der Waals surface area (Å²) in [5, 5.41) is 21.9. The predicted octanol–water partition coefficient (Wildman–Crippen LogP) is 0.705. The van der Waals surface area contributed by atoms with Crippen molar-refractivity contribution in [1.29, 1.82) is 0 Å². The van der Waals surface area contributed by atoms with E-state index in [1.165, 1.54) is 18.2 Å². The normalized spacial score (nSPS) is 11.9. The van der Waals surface area contributed by atoms with Crippen LogP contribution in [0.4, 0.5) is 5.69 Å². The van der Waals surface area contributed by atoms with Gasteiger partial charge in [-0.05, 0) is 13.0 Å². The van der Waals surface area contributed by atoms with Crippen LogP contribution in [0.3, 0.4) is 0 Å². The fraction of sp³-hybridized carbons (Fsp3) is 0.300. The molecule has 0 radical (unpaired) electrons. The lowest BCUT2D eigenvalue weighted by Crippen LogP contribution is -2.35. The lowest BCUT2D eigenvalue weighted by Gasteiger charge is -2.10.